The van der Waals surface area contributed by atoms with E-state index in [1.807, 2.05) is 0 Å². The van der Waals surface area contributed by atoms with Crippen LogP contribution in [0.4, 0.5) is 22.0 Å². The fourth-order valence-corrected chi connectivity index (χ4v) is 2.91. The van der Waals surface area contributed by atoms with Gasteiger partial charge in [0.25, 0.3) is 11.5 Å². The summed E-state index contributed by atoms with van der Waals surface area (Å²) in [5, 5.41) is 4.08. The molecule has 1 aliphatic carbocycles. The van der Waals surface area contributed by atoms with Crippen molar-refractivity contribution < 1.29 is 26.7 Å². The topological polar surface area (TPSA) is 64.8 Å². The molecule has 0 unspecified atom stereocenters. The van der Waals surface area contributed by atoms with E-state index in [1.54, 1.807) is 0 Å². The van der Waals surface area contributed by atoms with Crippen LogP contribution in [-0.2, 0) is 23.9 Å². The van der Waals surface area contributed by atoms with Gasteiger partial charge in [-0.25, -0.2) is 13.5 Å². The molecule has 0 aliphatic heterocycles. The highest BCUT2D eigenvalue weighted by atomic mass is 19.4. The van der Waals surface area contributed by atoms with Gasteiger partial charge in [0.2, 0.25) is 0 Å². The Morgan fingerprint density at radius 2 is 1.93 bits per heavy atom. The summed E-state index contributed by atoms with van der Waals surface area (Å²) in [7, 11) is 0. The Kier molecular flexibility index (Phi) is 5.63. The lowest BCUT2D eigenvalue weighted by Crippen LogP contribution is -2.28. The minimum absolute atomic E-state index is 0.101. The average molecular weight is 413 g/mol. The second kappa shape index (κ2) is 7.84. The van der Waals surface area contributed by atoms with Crippen molar-refractivity contribution >= 4 is 11.4 Å². The summed E-state index contributed by atoms with van der Waals surface area (Å²) in [6, 6.07) is 4.54. The number of alkyl halides is 5. The third kappa shape index (κ3) is 5.33. The maximum absolute atomic E-state index is 13.3. The Labute approximate surface area is 161 Å². The van der Waals surface area contributed by atoms with E-state index in [0.717, 1.165) is 23.0 Å². The highest BCUT2D eigenvalue weighted by Gasteiger charge is 2.32. The number of rotatable bonds is 5. The second-order valence-corrected chi connectivity index (χ2v) is 6.77. The maximum Gasteiger partial charge on any atom is 0.433 e. The number of ketones is 1. The molecule has 0 bridgehead atoms. The second-order valence-electron chi connectivity index (χ2n) is 6.77. The van der Waals surface area contributed by atoms with Gasteiger partial charge in [-0.05, 0) is 29.7 Å². The van der Waals surface area contributed by atoms with E-state index in [4.69, 9.17) is 0 Å². The van der Waals surface area contributed by atoms with Crippen LogP contribution >= 0.6 is 0 Å². The van der Waals surface area contributed by atoms with Crippen LogP contribution < -0.4 is 5.56 Å². The van der Waals surface area contributed by atoms with Crippen molar-refractivity contribution in [1.82, 2.24) is 14.8 Å². The summed E-state index contributed by atoms with van der Waals surface area (Å²) in [6.07, 6.45) is -3.10. The number of Topliss-reactive ketones (excluding diaryl/α,β-unsaturated/α-hetero) is 1. The largest absolute Gasteiger partial charge is 0.433 e. The van der Waals surface area contributed by atoms with E-state index in [-0.39, 0.29) is 24.8 Å². The Bertz CT molecular complexity index is 994. The van der Waals surface area contributed by atoms with Gasteiger partial charge in [-0.1, -0.05) is 12.1 Å². The molecule has 0 atom stereocenters. The van der Waals surface area contributed by atoms with Crippen LogP contribution in [0, 0.1) is 0 Å². The summed E-state index contributed by atoms with van der Waals surface area (Å²) in [5.74, 6) is -3.22. The van der Waals surface area contributed by atoms with Gasteiger partial charge in [0, 0.05) is 31.5 Å². The summed E-state index contributed by atoms with van der Waals surface area (Å²) in [5.41, 5.74) is -0.433. The molecule has 0 saturated carbocycles. The zero-order valence-corrected chi connectivity index (χ0v) is 15.0. The smallest absolute Gasteiger partial charge is 0.297 e. The van der Waals surface area contributed by atoms with E-state index in [0.29, 0.717) is 11.3 Å². The van der Waals surface area contributed by atoms with Crippen molar-refractivity contribution in [3.05, 3.63) is 63.8 Å². The van der Waals surface area contributed by atoms with E-state index in [2.05, 4.69) is 10.1 Å². The lowest BCUT2D eigenvalue weighted by atomic mass is 9.94. The van der Waals surface area contributed by atoms with Crippen molar-refractivity contribution in [2.24, 2.45) is 0 Å². The number of carbonyl (C=O) groups excluding carboxylic acids is 1. The van der Waals surface area contributed by atoms with Gasteiger partial charge < -0.3 is 0 Å². The Morgan fingerprint density at radius 1 is 1.17 bits per heavy atom. The van der Waals surface area contributed by atoms with Gasteiger partial charge in [0.1, 0.15) is 12.2 Å². The standard InChI is InChI=1S/C19H16F5N3O2/c20-18(21)7-5-13(6-8-18)15-2-4-17(29)27(26-15)11-14(28)9-12-1-3-16(25-10-12)19(22,23)24/h1-5,10H,6-9,11H2. The SMILES string of the molecule is O=C(Cc1ccc(C(F)(F)F)nc1)Cn1nc(C2=CCC(F)(F)CC2)ccc1=O. The van der Waals surface area contributed by atoms with Crippen LogP contribution in [0.3, 0.4) is 0 Å². The zero-order chi connectivity index (χ0) is 21.2. The molecular weight excluding hydrogens is 397 g/mol. The Balaban J connectivity index is 1.70. The zero-order valence-electron chi connectivity index (χ0n) is 15.0. The number of pyridine rings is 1. The summed E-state index contributed by atoms with van der Waals surface area (Å²) >= 11 is 0. The monoisotopic (exact) mass is 413 g/mol. The van der Waals surface area contributed by atoms with E-state index in [9.17, 15) is 31.5 Å². The lowest BCUT2D eigenvalue weighted by Gasteiger charge is -2.21. The fraction of sp³-hybridized carbons (Fsp3) is 0.368. The van der Waals surface area contributed by atoms with E-state index >= 15 is 0 Å². The van der Waals surface area contributed by atoms with Crippen LogP contribution in [0.15, 0.2) is 41.3 Å². The number of allylic oxidation sites excluding steroid dienone is 2. The Morgan fingerprint density at radius 3 is 2.52 bits per heavy atom. The summed E-state index contributed by atoms with van der Waals surface area (Å²) in [6.45, 7) is -0.392. The quantitative estimate of drug-likeness (QED) is 0.702. The highest BCUT2D eigenvalue weighted by molar-refractivity contribution is 5.80. The van der Waals surface area contributed by atoms with Crippen LogP contribution in [0.5, 0.6) is 0 Å². The van der Waals surface area contributed by atoms with Crippen LogP contribution in [0.1, 0.15) is 36.2 Å². The van der Waals surface area contributed by atoms with Gasteiger partial charge in [-0.3, -0.25) is 14.6 Å². The van der Waals surface area contributed by atoms with Gasteiger partial charge >= 0.3 is 6.18 Å². The normalized spacial score (nSPS) is 16.4. The van der Waals surface area contributed by atoms with Gasteiger partial charge in [0.05, 0.1) is 5.69 Å². The van der Waals surface area contributed by atoms with E-state index < -0.39 is 42.1 Å². The molecule has 5 nitrogen and oxygen atoms in total. The van der Waals surface area contributed by atoms with Gasteiger partial charge in [-0.2, -0.15) is 18.3 Å². The summed E-state index contributed by atoms with van der Waals surface area (Å²) in [4.78, 5) is 27.5. The molecule has 3 rings (SSSR count). The van der Waals surface area contributed by atoms with Crippen molar-refractivity contribution in [1.29, 1.82) is 0 Å². The minimum atomic E-state index is -4.57. The van der Waals surface area contributed by atoms with Gasteiger partial charge in [-0.15, -0.1) is 0 Å². The molecule has 2 aromatic heterocycles. The molecule has 0 saturated heterocycles. The van der Waals surface area contributed by atoms with Crippen molar-refractivity contribution in [3.8, 4) is 0 Å². The first-order chi connectivity index (χ1) is 13.5. The highest BCUT2D eigenvalue weighted by Crippen LogP contribution is 2.35. The third-order valence-electron chi connectivity index (χ3n) is 4.45. The Hall–Kier alpha value is -2.91. The third-order valence-corrected chi connectivity index (χ3v) is 4.45. The van der Waals surface area contributed by atoms with E-state index in [1.165, 1.54) is 18.2 Å². The first-order valence-electron chi connectivity index (χ1n) is 8.73. The predicted molar refractivity (Wildman–Crippen MR) is 93.2 cm³/mol. The molecule has 0 radical (unpaired) electrons. The molecule has 0 aromatic carbocycles. The molecule has 154 valence electrons. The average Bonchev–Trinajstić information content (AvgIpc) is 2.63. The number of hydrogen-bond acceptors (Lipinski definition) is 4. The number of halogens is 5. The molecule has 1 aliphatic rings. The lowest BCUT2D eigenvalue weighted by molar-refractivity contribution is -0.141. The first-order valence-corrected chi connectivity index (χ1v) is 8.73. The molecule has 29 heavy (non-hydrogen) atoms. The summed E-state index contributed by atoms with van der Waals surface area (Å²) < 4.78 is 65.0. The first kappa shape index (κ1) is 20.8. The molecule has 0 spiro atoms. The number of carbonyl (C=O) groups is 1. The molecule has 10 heteroatoms. The molecular formula is C19H16F5N3O2. The molecule has 2 heterocycles. The number of aromatic nitrogens is 3. The van der Waals surface area contributed by atoms with Crippen LogP contribution in [0.25, 0.3) is 5.57 Å². The van der Waals surface area contributed by atoms with Crippen LogP contribution in [-0.4, -0.2) is 26.5 Å². The number of nitrogens with zero attached hydrogens (tertiary/aromatic N) is 3. The predicted octanol–water partition coefficient (Wildman–Crippen LogP) is 3.67. The van der Waals surface area contributed by atoms with Crippen molar-refractivity contribution in [2.75, 3.05) is 0 Å². The maximum atomic E-state index is 13.3. The molecule has 0 N–H and O–H groups in total. The minimum Gasteiger partial charge on any atom is -0.297 e. The molecule has 0 amide bonds. The number of hydrogen-bond donors (Lipinski definition) is 0. The molecule has 2 aromatic rings. The van der Waals surface area contributed by atoms with Gasteiger partial charge in [0.15, 0.2) is 5.78 Å². The molecule has 0 fully saturated rings. The van der Waals surface area contributed by atoms with Crippen LogP contribution in [0.2, 0.25) is 0 Å². The van der Waals surface area contributed by atoms with Crippen molar-refractivity contribution in [3.63, 3.8) is 0 Å². The van der Waals surface area contributed by atoms with Crippen molar-refractivity contribution in [2.45, 2.75) is 44.3 Å². The fourth-order valence-electron chi connectivity index (χ4n) is 2.91.